The molecule has 0 saturated carbocycles. The van der Waals surface area contributed by atoms with E-state index in [9.17, 15) is 9.59 Å². The fourth-order valence-corrected chi connectivity index (χ4v) is 4.79. The largest absolute Gasteiger partial charge is 0.466 e. The van der Waals surface area contributed by atoms with E-state index in [1.165, 1.54) is 7.11 Å². The van der Waals surface area contributed by atoms with Crippen LogP contribution in [0.4, 0.5) is 5.69 Å². The Labute approximate surface area is 180 Å². The molecule has 30 heavy (non-hydrogen) atoms. The number of thioether (sulfide) groups is 1. The van der Waals surface area contributed by atoms with Crippen LogP contribution >= 0.6 is 11.8 Å². The van der Waals surface area contributed by atoms with Crippen LogP contribution in [-0.2, 0) is 9.53 Å². The number of methoxy groups -OCH3 is 1. The van der Waals surface area contributed by atoms with Gasteiger partial charge in [0.05, 0.1) is 24.4 Å². The maximum atomic E-state index is 12.6. The van der Waals surface area contributed by atoms with Gasteiger partial charge in [-0.05, 0) is 43.2 Å². The third-order valence-corrected chi connectivity index (χ3v) is 6.24. The van der Waals surface area contributed by atoms with Crippen molar-refractivity contribution < 1.29 is 14.3 Å². The molecule has 154 valence electrons. The molecule has 0 radical (unpaired) electrons. The molecule has 1 saturated heterocycles. The minimum Gasteiger partial charge on any atom is -0.466 e. The second-order valence-electron chi connectivity index (χ2n) is 7.13. The zero-order chi connectivity index (χ0) is 21.1. The fourth-order valence-electron chi connectivity index (χ4n) is 3.77. The molecule has 0 bridgehead atoms. The van der Waals surface area contributed by atoms with Crippen molar-refractivity contribution in [3.63, 3.8) is 0 Å². The maximum Gasteiger partial charge on any atom is 0.338 e. The van der Waals surface area contributed by atoms with Gasteiger partial charge in [-0.2, -0.15) is 0 Å². The Morgan fingerprint density at radius 2 is 1.97 bits per heavy atom. The van der Waals surface area contributed by atoms with Gasteiger partial charge in [-0.3, -0.25) is 4.79 Å². The van der Waals surface area contributed by atoms with Gasteiger partial charge in [-0.25, -0.2) is 9.79 Å². The Kier molecular flexibility index (Phi) is 5.90. The van der Waals surface area contributed by atoms with Crippen molar-refractivity contribution in [3.8, 4) is 0 Å². The summed E-state index contributed by atoms with van der Waals surface area (Å²) in [6.07, 6.45) is 1.01. The molecule has 1 N–H and O–H groups in total. The fraction of sp³-hybridized carbons (Fsp3) is 0.261. The first-order valence-electron chi connectivity index (χ1n) is 9.82. The van der Waals surface area contributed by atoms with E-state index in [1.54, 1.807) is 23.9 Å². The average molecular weight is 422 g/mol. The van der Waals surface area contributed by atoms with Crippen molar-refractivity contribution >= 4 is 34.5 Å². The molecule has 2 aromatic rings. The number of benzene rings is 2. The number of anilines is 1. The second kappa shape index (κ2) is 8.75. The SMILES string of the molecule is COC(=O)C1=C(C)N=C2SCCCN2[C@@H]1c1cccc(NC(=O)c2ccccc2)c1. The van der Waals surface area contributed by atoms with Crippen LogP contribution in [0.1, 0.15) is 35.3 Å². The van der Waals surface area contributed by atoms with Crippen LogP contribution in [0.5, 0.6) is 0 Å². The van der Waals surface area contributed by atoms with Gasteiger partial charge in [0.1, 0.15) is 0 Å². The smallest absolute Gasteiger partial charge is 0.338 e. The normalized spacial score (nSPS) is 18.4. The minimum atomic E-state index is -0.380. The number of amides is 1. The summed E-state index contributed by atoms with van der Waals surface area (Å²) in [5.41, 5.74) is 3.39. The lowest BCUT2D eigenvalue weighted by Gasteiger charge is -2.40. The number of carbonyl (C=O) groups excluding carboxylic acids is 2. The van der Waals surface area contributed by atoms with Crippen LogP contribution in [0.3, 0.4) is 0 Å². The van der Waals surface area contributed by atoms with Gasteiger partial charge in [0, 0.05) is 23.5 Å². The topological polar surface area (TPSA) is 71.0 Å². The molecule has 7 heteroatoms. The third-order valence-electron chi connectivity index (χ3n) is 5.16. The zero-order valence-corrected chi connectivity index (χ0v) is 17.7. The molecule has 0 unspecified atom stereocenters. The maximum absolute atomic E-state index is 12.6. The number of hydrogen-bond donors (Lipinski definition) is 1. The van der Waals surface area contributed by atoms with Gasteiger partial charge in [-0.1, -0.05) is 42.1 Å². The molecule has 1 fully saturated rings. The Morgan fingerprint density at radius 1 is 1.17 bits per heavy atom. The van der Waals surface area contributed by atoms with Crippen LogP contribution in [0, 0.1) is 0 Å². The number of hydrogen-bond acceptors (Lipinski definition) is 6. The first-order chi connectivity index (χ1) is 14.6. The van der Waals surface area contributed by atoms with E-state index in [-0.39, 0.29) is 17.9 Å². The molecule has 1 amide bonds. The molecule has 4 rings (SSSR count). The summed E-state index contributed by atoms with van der Waals surface area (Å²) >= 11 is 1.70. The molecule has 0 aromatic heterocycles. The number of carbonyl (C=O) groups is 2. The van der Waals surface area contributed by atoms with E-state index >= 15 is 0 Å². The number of aliphatic imine (C=N–C) groups is 1. The van der Waals surface area contributed by atoms with Crippen LogP contribution in [0.2, 0.25) is 0 Å². The Balaban J connectivity index is 1.69. The molecule has 2 aromatic carbocycles. The summed E-state index contributed by atoms with van der Waals surface area (Å²) in [5, 5.41) is 3.88. The van der Waals surface area contributed by atoms with Crippen molar-refractivity contribution in [1.82, 2.24) is 4.90 Å². The number of nitrogens with zero attached hydrogens (tertiary/aromatic N) is 2. The van der Waals surface area contributed by atoms with Gasteiger partial charge in [0.25, 0.3) is 5.91 Å². The number of rotatable bonds is 4. The van der Waals surface area contributed by atoms with Gasteiger partial charge in [0.2, 0.25) is 0 Å². The summed E-state index contributed by atoms with van der Waals surface area (Å²) in [6.45, 7) is 2.66. The lowest BCUT2D eigenvalue weighted by Crippen LogP contribution is -2.42. The van der Waals surface area contributed by atoms with Gasteiger partial charge >= 0.3 is 5.97 Å². The lowest BCUT2D eigenvalue weighted by molar-refractivity contribution is -0.136. The van der Waals surface area contributed by atoms with Crippen molar-refractivity contribution in [2.75, 3.05) is 24.7 Å². The van der Waals surface area contributed by atoms with Crippen molar-refractivity contribution in [3.05, 3.63) is 77.0 Å². The summed E-state index contributed by atoms with van der Waals surface area (Å²) in [5.74, 6) is 0.456. The molecule has 2 aliphatic heterocycles. The molecule has 2 aliphatic rings. The number of fused-ring (bicyclic) bond motifs is 1. The standard InChI is InChI=1S/C23H23N3O3S/c1-15-19(22(28)29-2)20(26-12-7-13-30-23(26)24-15)17-10-6-11-18(14-17)25-21(27)16-8-4-3-5-9-16/h3-6,8-11,14,20H,7,12-13H2,1-2H3,(H,25,27)/t20-/m1/s1. The number of amidine groups is 1. The Morgan fingerprint density at radius 3 is 2.73 bits per heavy atom. The van der Waals surface area contributed by atoms with Crippen LogP contribution in [0.25, 0.3) is 0 Å². The number of ether oxygens (including phenoxy) is 1. The second-order valence-corrected chi connectivity index (χ2v) is 8.19. The van der Waals surface area contributed by atoms with E-state index in [2.05, 4.69) is 15.2 Å². The van der Waals surface area contributed by atoms with Gasteiger partial charge < -0.3 is 15.0 Å². The lowest BCUT2D eigenvalue weighted by atomic mass is 9.94. The highest BCUT2D eigenvalue weighted by molar-refractivity contribution is 8.13. The summed E-state index contributed by atoms with van der Waals surface area (Å²) in [4.78, 5) is 32.0. The van der Waals surface area contributed by atoms with E-state index < -0.39 is 0 Å². The van der Waals surface area contributed by atoms with Crippen molar-refractivity contribution in [1.29, 1.82) is 0 Å². The highest BCUT2D eigenvalue weighted by Crippen LogP contribution is 2.40. The van der Waals surface area contributed by atoms with E-state index in [0.29, 0.717) is 22.5 Å². The summed E-state index contributed by atoms with van der Waals surface area (Å²) in [7, 11) is 1.39. The number of esters is 1. The molecular formula is C23H23N3O3S. The number of allylic oxidation sites excluding steroid dienone is 1. The Bertz CT molecular complexity index is 1030. The van der Waals surface area contributed by atoms with E-state index in [1.807, 2.05) is 49.4 Å². The highest BCUT2D eigenvalue weighted by Gasteiger charge is 2.37. The minimum absolute atomic E-state index is 0.174. The molecule has 0 aliphatic carbocycles. The van der Waals surface area contributed by atoms with Gasteiger partial charge in [0.15, 0.2) is 5.17 Å². The van der Waals surface area contributed by atoms with Crippen molar-refractivity contribution in [2.45, 2.75) is 19.4 Å². The highest BCUT2D eigenvalue weighted by atomic mass is 32.2. The predicted octanol–water partition coefficient (Wildman–Crippen LogP) is 4.24. The van der Waals surface area contributed by atoms with Crippen LogP contribution in [-0.4, -0.2) is 41.4 Å². The third kappa shape index (κ3) is 3.98. The molecule has 0 spiro atoms. The molecule has 6 nitrogen and oxygen atoms in total. The quantitative estimate of drug-likeness (QED) is 0.748. The van der Waals surface area contributed by atoms with E-state index in [4.69, 9.17) is 4.74 Å². The van der Waals surface area contributed by atoms with Gasteiger partial charge in [-0.15, -0.1) is 0 Å². The Hall–Kier alpha value is -3.06. The molecule has 1 atom stereocenters. The summed E-state index contributed by atoms with van der Waals surface area (Å²) in [6, 6.07) is 16.4. The average Bonchev–Trinajstić information content (AvgIpc) is 2.78. The first-order valence-corrected chi connectivity index (χ1v) is 10.8. The zero-order valence-electron chi connectivity index (χ0n) is 16.9. The van der Waals surface area contributed by atoms with Crippen LogP contribution in [0.15, 0.2) is 70.9 Å². The first kappa shape index (κ1) is 20.2. The van der Waals surface area contributed by atoms with Crippen LogP contribution < -0.4 is 5.32 Å². The molecular weight excluding hydrogens is 398 g/mol. The van der Waals surface area contributed by atoms with E-state index in [0.717, 1.165) is 29.4 Å². The predicted molar refractivity (Wildman–Crippen MR) is 120 cm³/mol. The number of nitrogens with one attached hydrogen (secondary N) is 1. The molecule has 2 heterocycles. The summed E-state index contributed by atoms with van der Waals surface area (Å²) < 4.78 is 5.07. The monoisotopic (exact) mass is 421 g/mol. The van der Waals surface area contributed by atoms with Crippen molar-refractivity contribution in [2.24, 2.45) is 4.99 Å².